The van der Waals surface area contributed by atoms with Gasteiger partial charge in [0.25, 0.3) is 5.56 Å². The molecule has 0 fully saturated rings. The van der Waals surface area contributed by atoms with Gasteiger partial charge in [0.1, 0.15) is 23.9 Å². The highest BCUT2D eigenvalue weighted by atomic mass is 35.5. The lowest BCUT2D eigenvalue weighted by Crippen LogP contribution is -2.37. The van der Waals surface area contributed by atoms with E-state index in [9.17, 15) is 14.0 Å². The van der Waals surface area contributed by atoms with Crippen LogP contribution in [0.2, 0.25) is 5.02 Å². The number of amides is 1. The molecule has 0 aliphatic rings. The van der Waals surface area contributed by atoms with Crippen molar-refractivity contribution in [3.63, 3.8) is 0 Å². The number of nitrogens with one attached hydrogen (secondary N) is 2. The van der Waals surface area contributed by atoms with Crippen LogP contribution in [-0.2, 0) is 17.9 Å². The molecule has 0 unspecified atom stereocenters. The van der Waals surface area contributed by atoms with Crippen molar-refractivity contribution in [1.82, 2.24) is 25.2 Å². The lowest BCUT2D eigenvalue weighted by Gasteiger charge is -2.15. The first-order valence-corrected chi connectivity index (χ1v) is 12.1. The van der Waals surface area contributed by atoms with E-state index in [1.54, 1.807) is 19.4 Å². The van der Waals surface area contributed by atoms with Gasteiger partial charge in [-0.3, -0.25) is 14.2 Å². The van der Waals surface area contributed by atoms with Crippen LogP contribution in [-0.4, -0.2) is 40.6 Å². The average molecular weight is 524 g/mol. The maximum absolute atomic E-state index is 13.8. The number of aromatic nitrogens is 3. The Morgan fingerprint density at radius 3 is 2.59 bits per heavy atom. The summed E-state index contributed by atoms with van der Waals surface area (Å²) in [5.74, 6) is -0.124. The van der Waals surface area contributed by atoms with Gasteiger partial charge in [-0.1, -0.05) is 11.6 Å². The standard InChI is InChI=1S/C27H27ClFN5O3/c1-15(2)32-24(35)14-34-26(17-5-6-23(29)22(28)11-17)33-25-21(27(34)36)10-19(13-31-25)18-7-16(12-30-3)8-20(9-18)37-4/h5-11,13,15,30H,12,14H2,1-4H3,(H,32,35). The van der Waals surface area contributed by atoms with E-state index in [0.29, 0.717) is 23.4 Å². The Hall–Kier alpha value is -3.82. The van der Waals surface area contributed by atoms with Gasteiger partial charge in [0, 0.05) is 29.9 Å². The fraction of sp³-hybridized carbons (Fsp3) is 0.259. The Labute approximate surface area is 218 Å². The number of benzene rings is 2. The van der Waals surface area contributed by atoms with Crippen LogP contribution in [0.1, 0.15) is 19.4 Å². The van der Waals surface area contributed by atoms with E-state index in [0.717, 1.165) is 11.1 Å². The molecule has 2 aromatic heterocycles. The number of rotatable bonds is 8. The second kappa shape index (κ2) is 11.1. The fourth-order valence-electron chi connectivity index (χ4n) is 4.03. The van der Waals surface area contributed by atoms with Gasteiger partial charge in [0.2, 0.25) is 5.91 Å². The van der Waals surface area contributed by atoms with Gasteiger partial charge in [-0.05, 0) is 74.5 Å². The molecule has 2 N–H and O–H groups in total. The predicted octanol–water partition coefficient (Wildman–Crippen LogP) is 4.17. The summed E-state index contributed by atoms with van der Waals surface area (Å²) in [5.41, 5.74) is 2.64. The summed E-state index contributed by atoms with van der Waals surface area (Å²) in [5, 5.41) is 6.02. The Morgan fingerprint density at radius 1 is 1.14 bits per heavy atom. The lowest BCUT2D eigenvalue weighted by atomic mass is 10.0. The van der Waals surface area contributed by atoms with Gasteiger partial charge < -0.3 is 15.4 Å². The van der Waals surface area contributed by atoms with E-state index in [1.807, 2.05) is 39.1 Å². The molecule has 4 rings (SSSR count). The van der Waals surface area contributed by atoms with Gasteiger partial charge in [-0.25, -0.2) is 14.4 Å². The number of hydrogen-bond donors (Lipinski definition) is 2. The van der Waals surface area contributed by atoms with Gasteiger partial charge in [0.05, 0.1) is 17.5 Å². The van der Waals surface area contributed by atoms with Crippen molar-refractivity contribution in [2.24, 2.45) is 0 Å². The number of nitrogens with zero attached hydrogens (tertiary/aromatic N) is 3. The molecule has 37 heavy (non-hydrogen) atoms. The van der Waals surface area contributed by atoms with Crippen LogP contribution in [0.3, 0.4) is 0 Å². The molecule has 0 spiro atoms. The molecule has 4 aromatic rings. The quantitative estimate of drug-likeness (QED) is 0.360. The highest BCUT2D eigenvalue weighted by Crippen LogP contribution is 2.28. The van der Waals surface area contributed by atoms with Crippen molar-refractivity contribution < 1.29 is 13.9 Å². The monoisotopic (exact) mass is 523 g/mol. The Balaban J connectivity index is 1.91. The minimum atomic E-state index is -0.601. The van der Waals surface area contributed by atoms with Crippen LogP contribution in [0.15, 0.2) is 53.5 Å². The second-order valence-electron chi connectivity index (χ2n) is 8.87. The zero-order valence-corrected chi connectivity index (χ0v) is 21.7. The predicted molar refractivity (Wildman–Crippen MR) is 142 cm³/mol. The fourth-order valence-corrected chi connectivity index (χ4v) is 4.21. The Kier molecular flexibility index (Phi) is 7.85. The topological polar surface area (TPSA) is 98.1 Å². The van der Waals surface area contributed by atoms with Gasteiger partial charge in [0.15, 0.2) is 5.65 Å². The maximum atomic E-state index is 13.8. The summed E-state index contributed by atoms with van der Waals surface area (Å²) in [6.07, 6.45) is 1.63. The Bertz CT molecular complexity index is 1540. The molecule has 0 radical (unpaired) electrons. The lowest BCUT2D eigenvalue weighted by molar-refractivity contribution is -0.122. The number of hydrogen-bond acceptors (Lipinski definition) is 6. The zero-order chi connectivity index (χ0) is 26.7. The van der Waals surface area contributed by atoms with E-state index in [1.165, 1.54) is 22.8 Å². The second-order valence-corrected chi connectivity index (χ2v) is 9.28. The minimum absolute atomic E-state index is 0.117. The number of pyridine rings is 1. The molecule has 8 nitrogen and oxygen atoms in total. The number of fused-ring (bicyclic) bond motifs is 1. The molecule has 0 bridgehead atoms. The highest BCUT2D eigenvalue weighted by Gasteiger charge is 2.18. The summed E-state index contributed by atoms with van der Waals surface area (Å²) in [6, 6.07) is 11.4. The Morgan fingerprint density at radius 2 is 1.92 bits per heavy atom. The third-order valence-electron chi connectivity index (χ3n) is 5.66. The van der Waals surface area contributed by atoms with E-state index >= 15 is 0 Å². The summed E-state index contributed by atoms with van der Waals surface area (Å²) in [6.45, 7) is 4.01. The summed E-state index contributed by atoms with van der Waals surface area (Å²) in [4.78, 5) is 35.4. The molecule has 0 saturated carbocycles. The normalized spacial score (nSPS) is 11.2. The van der Waals surface area contributed by atoms with Crippen LogP contribution < -0.4 is 20.9 Å². The number of halogens is 2. The zero-order valence-electron chi connectivity index (χ0n) is 20.9. The van der Waals surface area contributed by atoms with Crippen molar-refractivity contribution in [2.75, 3.05) is 14.2 Å². The van der Waals surface area contributed by atoms with E-state index < -0.39 is 11.4 Å². The SMILES string of the molecule is CNCc1cc(OC)cc(-c2cnc3nc(-c4ccc(F)c(Cl)c4)n(CC(=O)NC(C)C)c(=O)c3c2)c1. The van der Waals surface area contributed by atoms with Crippen molar-refractivity contribution in [1.29, 1.82) is 0 Å². The summed E-state index contributed by atoms with van der Waals surface area (Å²) in [7, 11) is 3.45. The van der Waals surface area contributed by atoms with Crippen LogP contribution >= 0.6 is 11.6 Å². The number of carbonyl (C=O) groups excluding carboxylic acids is 1. The van der Waals surface area contributed by atoms with Gasteiger partial charge in [-0.15, -0.1) is 0 Å². The molecule has 0 atom stereocenters. The number of carbonyl (C=O) groups is 1. The number of methoxy groups -OCH3 is 1. The number of ether oxygens (including phenoxy) is 1. The third-order valence-corrected chi connectivity index (χ3v) is 5.94. The van der Waals surface area contributed by atoms with Crippen molar-refractivity contribution in [2.45, 2.75) is 33.0 Å². The first-order chi connectivity index (χ1) is 17.7. The minimum Gasteiger partial charge on any atom is -0.497 e. The molecule has 10 heteroatoms. The largest absolute Gasteiger partial charge is 0.497 e. The van der Waals surface area contributed by atoms with Crippen LogP contribution in [0.5, 0.6) is 5.75 Å². The molecule has 2 heterocycles. The van der Waals surface area contributed by atoms with Gasteiger partial charge in [-0.2, -0.15) is 0 Å². The molecule has 0 aliphatic heterocycles. The molecule has 2 aromatic carbocycles. The molecule has 0 aliphatic carbocycles. The van der Waals surface area contributed by atoms with Crippen molar-refractivity contribution in [3.05, 3.63) is 75.4 Å². The van der Waals surface area contributed by atoms with Gasteiger partial charge >= 0.3 is 0 Å². The third kappa shape index (κ3) is 5.79. The first kappa shape index (κ1) is 26.2. The van der Waals surface area contributed by atoms with Crippen molar-refractivity contribution >= 4 is 28.5 Å². The van der Waals surface area contributed by atoms with E-state index in [4.69, 9.17) is 16.3 Å². The van der Waals surface area contributed by atoms with Crippen LogP contribution in [0.4, 0.5) is 4.39 Å². The molecule has 1 amide bonds. The molecule has 0 saturated heterocycles. The average Bonchev–Trinajstić information content (AvgIpc) is 2.86. The van der Waals surface area contributed by atoms with Crippen molar-refractivity contribution in [3.8, 4) is 28.3 Å². The summed E-state index contributed by atoms with van der Waals surface area (Å²) < 4.78 is 20.5. The summed E-state index contributed by atoms with van der Waals surface area (Å²) >= 11 is 6.00. The first-order valence-electron chi connectivity index (χ1n) is 11.7. The molecular weight excluding hydrogens is 497 g/mol. The van der Waals surface area contributed by atoms with Crippen LogP contribution in [0.25, 0.3) is 33.5 Å². The van der Waals surface area contributed by atoms with Crippen LogP contribution in [0, 0.1) is 5.82 Å². The maximum Gasteiger partial charge on any atom is 0.263 e. The highest BCUT2D eigenvalue weighted by molar-refractivity contribution is 6.31. The van der Waals surface area contributed by atoms with E-state index in [-0.39, 0.29) is 40.4 Å². The smallest absolute Gasteiger partial charge is 0.263 e. The molecule has 192 valence electrons. The van der Waals surface area contributed by atoms with E-state index in [2.05, 4.69) is 20.6 Å². The molecular formula is C27H27ClFN5O3.